The molecule has 0 radical (unpaired) electrons. The Hall–Kier alpha value is -2.04. The second-order valence-corrected chi connectivity index (χ2v) is 7.64. The molecule has 1 N–H and O–H groups in total. The third-order valence-corrected chi connectivity index (χ3v) is 5.30. The lowest BCUT2D eigenvalue weighted by atomic mass is 10.0. The van der Waals surface area contributed by atoms with Gasteiger partial charge in [0, 0.05) is 41.2 Å². The lowest BCUT2D eigenvalue weighted by molar-refractivity contribution is -0.132. The van der Waals surface area contributed by atoms with Crippen molar-refractivity contribution in [3.63, 3.8) is 0 Å². The van der Waals surface area contributed by atoms with Gasteiger partial charge in [-0.05, 0) is 55.2 Å². The summed E-state index contributed by atoms with van der Waals surface area (Å²) in [6.07, 6.45) is 2.72. The standard InChI is InChI=1S/C21H22Cl2N2O2/c22-17-7-4-15(5-8-17)6-9-20(26)25-12-10-19(11-13-25)24-21(27)16-2-1-3-18(23)14-16/h1-5,7-8,14,19H,6,9-13H2,(H,24,27). The maximum Gasteiger partial charge on any atom is 0.251 e. The first-order valence-corrected chi connectivity index (χ1v) is 9.85. The number of halogens is 2. The minimum absolute atomic E-state index is 0.0804. The number of carbonyl (C=O) groups excluding carboxylic acids is 2. The van der Waals surface area contributed by atoms with Gasteiger partial charge in [0.2, 0.25) is 5.91 Å². The fourth-order valence-corrected chi connectivity index (χ4v) is 3.55. The van der Waals surface area contributed by atoms with Crippen molar-refractivity contribution < 1.29 is 9.59 Å². The minimum Gasteiger partial charge on any atom is -0.349 e. The van der Waals surface area contributed by atoms with Crippen molar-refractivity contribution in [2.45, 2.75) is 31.7 Å². The van der Waals surface area contributed by atoms with E-state index in [4.69, 9.17) is 23.2 Å². The summed E-state index contributed by atoms with van der Waals surface area (Å²) < 4.78 is 0. The van der Waals surface area contributed by atoms with Crippen molar-refractivity contribution in [3.05, 3.63) is 69.7 Å². The molecule has 3 rings (SSSR count). The molecule has 0 saturated carbocycles. The number of nitrogens with zero attached hydrogens (tertiary/aromatic N) is 1. The largest absolute Gasteiger partial charge is 0.349 e. The van der Waals surface area contributed by atoms with Crippen molar-refractivity contribution in [3.8, 4) is 0 Å². The van der Waals surface area contributed by atoms with Crippen LogP contribution in [0.2, 0.25) is 10.0 Å². The van der Waals surface area contributed by atoms with E-state index in [1.165, 1.54) is 0 Å². The van der Waals surface area contributed by atoms with Crippen LogP contribution in [0.1, 0.15) is 35.2 Å². The molecule has 0 aliphatic carbocycles. The highest BCUT2D eigenvalue weighted by atomic mass is 35.5. The SMILES string of the molecule is O=C(NC1CCN(C(=O)CCc2ccc(Cl)cc2)CC1)c1cccc(Cl)c1. The lowest BCUT2D eigenvalue weighted by Gasteiger charge is -2.32. The molecule has 1 fully saturated rings. The number of nitrogens with one attached hydrogen (secondary N) is 1. The molecule has 6 heteroatoms. The smallest absolute Gasteiger partial charge is 0.251 e. The molecule has 4 nitrogen and oxygen atoms in total. The molecule has 0 unspecified atom stereocenters. The molecule has 1 saturated heterocycles. The molecule has 0 bridgehead atoms. The van der Waals surface area contributed by atoms with Gasteiger partial charge in [0.15, 0.2) is 0 Å². The zero-order chi connectivity index (χ0) is 19.2. The summed E-state index contributed by atoms with van der Waals surface area (Å²) in [4.78, 5) is 26.6. The van der Waals surface area contributed by atoms with E-state index in [0.717, 1.165) is 18.4 Å². The van der Waals surface area contributed by atoms with E-state index in [-0.39, 0.29) is 17.9 Å². The predicted octanol–water partition coefficient (Wildman–Crippen LogP) is 4.35. The lowest BCUT2D eigenvalue weighted by Crippen LogP contribution is -2.46. The number of carbonyl (C=O) groups is 2. The van der Waals surface area contributed by atoms with Crippen molar-refractivity contribution >= 4 is 35.0 Å². The van der Waals surface area contributed by atoms with Gasteiger partial charge < -0.3 is 10.2 Å². The van der Waals surface area contributed by atoms with Crippen LogP contribution in [0.4, 0.5) is 0 Å². The summed E-state index contributed by atoms with van der Waals surface area (Å²) in [7, 11) is 0. The van der Waals surface area contributed by atoms with Gasteiger partial charge >= 0.3 is 0 Å². The molecular weight excluding hydrogens is 383 g/mol. The maximum atomic E-state index is 12.4. The molecule has 0 aromatic heterocycles. The quantitative estimate of drug-likeness (QED) is 0.804. The molecular formula is C21H22Cl2N2O2. The van der Waals surface area contributed by atoms with Crippen molar-refractivity contribution in [1.82, 2.24) is 10.2 Å². The first-order chi connectivity index (χ1) is 13.0. The summed E-state index contributed by atoms with van der Waals surface area (Å²) in [5, 5.41) is 4.28. The molecule has 0 atom stereocenters. The third kappa shape index (κ3) is 5.72. The highest BCUT2D eigenvalue weighted by Crippen LogP contribution is 2.16. The van der Waals surface area contributed by atoms with E-state index in [1.807, 2.05) is 29.2 Å². The number of amides is 2. The van der Waals surface area contributed by atoms with Gasteiger partial charge in [-0.2, -0.15) is 0 Å². The molecule has 27 heavy (non-hydrogen) atoms. The Kier molecular flexibility index (Phi) is 6.75. The van der Waals surface area contributed by atoms with Gasteiger partial charge in [0.05, 0.1) is 0 Å². The van der Waals surface area contributed by atoms with E-state index in [2.05, 4.69) is 5.32 Å². The second-order valence-electron chi connectivity index (χ2n) is 6.77. The van der Waals surface area contributed by atoms with Gasteiger partial charge in [0.25, 0.3) is 5.91 Å². The number of rotatable bonds is 5. The first-order valence-electron chi connectivity index (χ1n) is 9.10. The molecule has 0 spiro atoms. The fraction of sp³-hybridized carbons (Fsp3) is 0.333. The van der Waals surface area contributed by atoms with Crippen molar-refractivity contribution in [2.75, 3.05) is 13.1 Å². The number of aryl methyl sites for hydroxylation is 1. The van der Waals surface area contributed by atoms with Crippen molar-refractivity contribution in [1.29, 1.82) is 0 Å². The van der Waals surface area contributed by atoms with E-state index in [0.29, 0.717) is 41.5 Å². The van der Waals surface area contributed by atoms with Gasteiger partial charge in [0.1, 0.15) is 0 Å². The number of hydrogen-bond acceptors (Lipinski definition) is 2. The minimum atomic E-state index is -0.120. The Balaban J connectivity index is 1.43. The third-order valence-electron chi connectivity index (χ3n) is 4.81. The summed E-state index contributed by atoms with van der Waals surface area (Å²) >= 11 is 11.8. The maximum absolute atomic E-state index is 12.4. The van der Waals surface area contributed by atoms with Gasteiger partial charge in [-0.3, -0.25) is 9.59 Å². The summed E-state index contributed by atoms with van der Waals surface area (Å²) in [5.74, 6) is 0.0367. The van der Waals surface area contributed by atoms with Crippen LogP contribution < -0.4 is 5.32 Å². The molecule has 1 aliphatic rings. The van der Waals surface area contributed by atoms with E-state index < -0.39 is 0 Å². The molecule has 1 heterocycles. The Morgan fingerprint density at radius 1 is 1.00 bits per heavy atom. The van der Waals surface area contributed by atoms with Crippen LogP contribution >= 0.6 is 23.2 Å². The van der Waals surface area contributed by atoms with Crippen LogP contribution in [0.15, 0.2) is 48.5 Å². The highest BCUT2D eigenvalue weighted by Gasteiger charge is 2.24. The molecule has 1 aliphatic heterocycles. The predicted molar refractivity (Wildman–Crippen MR) is 108 cm³/mol. The zero-order valence-electron chi connectivity index (χ0n) is 15.0. The molecule has 142 valence electrons. The molecule has 2 amide bonds. The van der Waals surface area contributed by atoms with Crippen LogP contribution in [-0.4, -0.2) is 35.8 Å². The molecule has 2 aromatic rings. The van der Waals surface area contributed by atoms with Crippen LogP contribution in [0.25, 0.3) is 0 Å². The van der Waals surface area contributed by atoms with Gasteiger partial charge in [-0.1, -0.05) is 41.4 Å². The fourth-order valence-electron chi connectivity index (χ4n) is 3.23. The Labute approximate surface area is 169 Å². The Morgan fingerprint density at radius 3 is 2.37 bits per heavy atom. The van der Waals surface area contributed by atoms with Crippen LogP contribution in [0.3, 0.4) is 0 Å². The van der Waals surface area contributed by atoms with Crippen LogP contribution in [0.5, 0.6) is 0 Å². The van der Waals surface area contributed by atoms with E-state index in [1.54, 1.807) is 24.3 Å². The van der Waals surface area contributed by atoms with E-state index >= 15 is 0 Å². The van der Waals surface area contributed by atoms with Crippen LogP contribution in [0, 0.1) is 0 Å². The number of benzene rings is 2. The zero-order valence-corrected chi connectivity index (χ0v) is 16.5. The summed E-state index contributed by atoms with van der Waals surface area (Å²) in [6.45, 7) is 1.33. The van der Waals surface area contributed by atoms with Crippen molar-refractivity contribution in [2.24, 2.45) is 0 Å². The summed E-state index contributed by atoms with van der Waals surface area (Å²) in [6, 6.07) is 14.6. The van der Waals surface area contributed by atoms with E-state index in [9.17, 15) is 9.59 Å². The number of likely N-dealkylation sites (tertiary alicyclic amines) is 1. The Bertz CT molecular complexity index is 800. The average Bonchev–Trinajstić information content (AvgIpc) is 2.68. The number of hydrogen-bond donors (Lipinski definition) is 1. The summed E-state index contributed by atoms with van der Waals surface area (Å²) in [5.41, 5.74) is 1.67. The molecule has 2 aromatic carbocycles. The van der Waals surface area contributed by atoms with Crippen LogP contribution in [-0.2, 0) is 11.2 Å². The number of piperidine rings is 1. The Morgan fingerprint density at radius 2 is 1.70 bits per heavy atom. The average molecular weight is 405 g/mol. The normalized spacial score (nSPS) is 14.8. The first kappa shape index (κ1) is 19.7. The second kappa shape index (κ2) is 9.25. The topological polar surface area (TPSA) is 49.4 Å². The van der Waals surface area contributed by atoms with Gasteiger partial charge in [-0.15, -0.1) is 0 Å². The monoisotopic (exact) mass is 404 g/mol. The highest BCUT2D eigenvalue weighted by molar-refractivity contribution is 6.31. The van der Waals surface area contributed by atoms with Gasteiger partial charge in [-0.25, -0.2) is 0 Å².